The second kappa shape index (κ2) is 2.23. The fraction of sp³-hybridized carbons (Fsp3) is 1.00. The molecule has 1 heterocycles. The van der Waals surface area contributed by atoms with Gasteiger partial charge in [-0.3, -0.25) is 4.90 Å². The summed E-state index contributed by atoms with van der Waals surface area (Å²) in [6, 6.07) is 1.94. The molecule has 0 radical (unpaired) electrons. The fourth-order valence-corrected chi connectivity index (χ4v) is 2.00. The maximum Gasteiger partial charge on any atom is 0.0133 e. The highest BCUT2D eigenvalue weighted by atomic mass is 15.3. The van der Waals surface area contributed by atoms with Crippen LogP contribution in [0.1, 0.15) is 33.1 Å². The van der Waals surface area contributed by atoms with Crippen molar-refractivity contribution in [1.82, 2.24) is 4.90 Å². The summed E-state index contributed by atoms with van der Waals surface area (Å²) in [5.41, 5.74) is 0. The van der Waals surface area contributed by atoms with Crippen LogP contribution in [0.15, 0.2) is 0 Å². The van der Waals surface area contributed by atoms with E-state index in [0.29, 0.717) is 0 Å². The van der Waals surface area contributed by atoms with Crippen molar-refractivity contribution in [2.75, 3.05) is 6.54 Å². The maximum absolute atomic E-state index is 2.70. The monoisotopic (exact) mass is 139 g/mol. The Morgan fingerprint density at radius 1 is 1.20 bits per heavy atom. The van der Waals surface area contributed by atoms with Crippen LogP contribution in [-0.2, 0) is 0 Å². The zero-order chi connectivity index (χ0) is 7.14. The van der Waals surface area contributed by atoms with E-state index in [1.807, 2.05) is 0 Å². The highest BCUT2D eigenvalue weighted by molar-refractivity contribution is 4.95. The van der Waals surface area contributed by atoms with Crippen LogP contribution < -0.4 is 0 Å². The van der Waals surface area contributed by atoms with Crippen molar-refractivity contribution in [2.24, 2.45) is 5.92 Å². The van der Waals surface area contributed by atoms with Crippen molar-refractivity contribution < 1.29 is 0 Å². The smallest absolute Gasteiger partial charge is 0.0133 e. The van der Waals surface area contributed by atoms with E-state index in [1.165, 1.54) is 25.8 Å². The van der Waals surface area contributed by atoms with Gasteiger partial charge in [0.25, 0.3) is 0 Å². The van der Waals surface area contributed by atoms with Crippen LogP contribution in [-0.4, -0.2) is 23.5 Å². The standard InChI is InChI=1S/C9H17N/c1-7(2)9-5-6-10(9)8-3-4-8/h7-9H,3-6H2,1-2H3. The molecule has 1 heteroatoms. The van der Waals surface area contributed by atoms with E-state index in [4.69, 9.17) is 0 Å². The van der Waals surface area contributed by atoms with Crippen LogP contribution in [0.4, 0.5) is 0 Å². The van der Waals surface area contributed by atoms with Gasteiger partial charge in [-0.05, 0) is 25.2 Å². The van der Waals surface area contributed by atoms with Crippen molar-refractivity contribution in [3.63, 3.8) is 0 Å². The number of likely N-dealkylation sites (tertiary alicyclic amines) is 1. The molecule has 0 bridgehead atoms. The van der Waals surface area contributed by atoms with Crippen molar-refractivity contribution >= 4 is 0 Å². The van der Waals surface area contributed by atoms with Gasteiger partial charge in [0.15, 0.2) is 0 Å². The predicted octanol–water partition coefficient (Wildman–Crippen LogP) is 1.88. The third kappa shape index (κ3) is 0.968. The average molecular weight is 139 g/mol. The topological polar surface area (TPSA) is 3.24 Å². The Kier molecular flexibility index (Phi) is 1.48. The minimum atomic E-state index is 0.884. The zero-order valence-electron chi connectivity index (χ0n) is 7.01. The maximum atomic E-state index is 2.70. The Morgan fingerprint density at radius 3 is 2.20 bits per heavy atom. The molecule has 1 nitrogen and oxygen atoms in total. The number of hydrogen-bond donors (Lipinski definition) is 0. The Hall–Kier alpha value is -0.0400. The second-order valence-corrected chi connectivity index (χ2v) is 4.07. The summed E-state index contributed by atoms with van der Waals surface area (Å²) in [6.07, 6.45) is 4.40. The predicted molar refractivity (Wildman–Crippen MR) is 43.0 cm³/mol. The van der Waals surface area contributed by atoms with Gasteiger partial charge in [-0.2, -0.15) is 0 Å². The van der Waals surface area contributed by atoms with Crippen molar-refractivity contribution in [3.05, 3.63) is 0 Å². The van der Waals surface area contributed by atoms with E-state index in [-0.39, 0.29) is 0 Å². The van der Waals surface area contributed by atoms with Gasteiger partial charge in [0, 0.05) is 18.6 Å². The van der Waals surface area contributed by atoms with Gasteiger partial charge in [-0.25, -0.2) is 0 Å². The summed E-state index contributed by atoms with van der Waals surface area (Å²) in [7, 11) is 0. The third-order valence-electron chi connectivity index (χ3n) is 2.89. The Morgan fingerprint density at radius 2 is 1.90 bits per heavy atom. The fourth-order valence-electron chi connectivity index (χ4n) is 2.00. The first-order valence-corrected chi connectivity index (χ1v) is 4.55. The average Bonchev–Trinajstić information content (AvgIpc) is 2.43. The van der Waals surface area contributed by atoms with Gasteiger partial charge in [0.2, 0.25) is 0 Å². The lowest BCUT2D eigenvalue weighted by molar-refractivity contribution is 0.0478. The van der Waals surface area contributed by atoms with Gasteiger partial charge in [0.05, 0.1) is 0 Å². The van der Waals surface area contributed by atoms with Crippen LogP contribution in [0.2, 0.25) is 0 Å². The molecule has 1 atom stereocenters. The molecule has 2 aliphatic rings. The van der Waals surface area contributed by atoms with Crippen molar-refractivity contribution in [1.29, 1.82) is 0 Å². The minimum absolute atomic E-state index is 0.884. The molecule has 0 amide bonds. The lowest BCUT2D eigenvalue weighted by atomic mass is 9.92. The normalized spacial score (nSPS) is 34.5. The molecule has 1 aliphatic heterocycles. The summed E-state index contributed by atoms with van der Waals surface area (Å²) in [5.74, 6) is 0.884. The lowest BCUT2D eigenvalue weighted by Gasteiger charge is -2.44. The second-order valence-electron chi connectivity index (χ2n) is 4.07. The van der Waals surface area contributed by atoms with Crippen LogP contribution in [0.5, 0.6) is 0 Å². The summed E-state index contributed by atoms with van der Waals surface area (Å²) in [5, 5.41) is 0. The van der Waals surface area contributed by atoms with Gasteiger partial charge in [-0.1, -0.05) is 13.8 Å². The molecular formula is C9H17N. The van der Waals surface area contributed by atoms with Crippen LogP contribution >= 0.6 is 0 Å². The molecule has 1 saturated heterocycles. The molecule has 1 aliphatic carbocycles. The summed E-state index contributed by atoms with van der Waals surface area (Å²) >= 11 is 0. The van der Waals surface area contributed by atoms with E-state index in [9.17, 15) is 0 Å². The van der Waals surface area contributed by atoms with Gasteiger partial charge < -0.3 is 0 Å². The summed E-state index contributed by atoms with van der Waals surface area (Å²) < 4.78 is 0. The van der Waals surface area contributed by atoms with E-state index in [2.05, 4.69) is 18.7 Å². The molecule has 2 fully saturated rings. The van der Waals surface area contributed by atoms with Crippen molar-refractivity contribution in [2.45, 2.75) is 45.2 Å². The molecule has 0 aromatic heterocycles. The molecule has 58 valence electrons. The van der Waals surface area contributed by atoms with E-state index in [0.717, 1.165) is 18.0 Å². The molecule has 10 heavy (non-hydrogen) atoms. The van der Waals surface area contributed by atoms with Crippen LogP contribution in [0.25, 0.3) is 0 Å². The number of nitrogens with zero attached hydrogens (tertiary/aromatic N) is 1. The molecule has 0 spiro atoms. The van der Waals surface area contributed by atoms with Crippen molar-refractivity contribution in [3.8, 4) is 0 Å². The number of rotatable bonds is 2. The largest absolute Gasteiger partial charge is 0.297 e. The third-order valence-corrected chi connectivity index (χ3v) is 2.89. The SMILES string of the molecule is CC(C)C1CCN1C1CC1. The molecule has 1 unspecified atom stereocenters. The minimum Gasteiger partial charge on any atom is -0.297 e. The van der Waals surface area contributed by atoms with E-state index in [1.54, 1.807) is 0 Å². The first-order valence-electron chi connectivity index (χ1n) is 4.55. The highest BCUT2D eigenvalue weighted by Crippen LogP contribution is 2.36. The molecule has 0 aromatic rings. The zero-order valence-corrected chi connectivity index (χ0v) is 7.01. The van der Waals surface area contributed by atoms with Gasteiger partial charge >= 0.3 is 0 Å². The Balaban J connectivity index is 1.86. The van der Waals surface area contributed by atoms with Gasteiger partial charge in [0.1, 0.15) is 0 Å². The Bertz CT molecular complexity index is 119. The molecular weight excluding hydrogens is 122 g/mol. The Labute approximate surface area is 63.4 Å². The van der Waals surface area contributed by atoms with Crippen LogP contribution in [0, 0.1) is 5.92 Å². The molecule has 1 saturated carbocycles. The number of hydrogen-bond acceptors (Lipinski definition) is 1. The summed E-state index contributed by atoms with van der Waals surface area (Å²) in [6.45, 7) is 6.08. The summed E-state index contributed by atoms with van der Waals surface area (Å²) in [4.78, 5) is 2.70. The first kappa shape index (κ1) is 6.66. The van der Waals surface area contributed by atoms with E-state index < -0.39 is 0 Å². The van der Waals surface area contributed by atoms with Crippen LogP contribution in [0.3, 0.4) is 0 Å². The first-order chi connectivity index (χ1) is 4.79. The highest BCUT2D eigenvalue weighted by Gasteiger charge is 2.40. The lowest BCUT2D eigenvalue weighted by Crippen LogP contribution is -2.51. The van der Waals surface area contributed by atoms with E-state index >= 15 is 0 Å². The molecule has 0 N–H and O–H groups in total. The molecule has 2 rings (SSSR count). The quantitative estimate of drug-likeness (QED) is 0.564. The van der Waals surface area contributed by atoms with Gasteiger partial charge in [-0.15, -0.1) is 0 Å². The molecule has 0 aromatic carbocycles.